The monoisotopic (exact) mass is 347 g/mol. The van der Waals surface area contributed by atoms with Crippen LogP contribution in [0.15, 0.2) is 55.0 Å². The van der Waals surface area contributed by atoms with Gasteiger partial charge in [0.2, 0.25) is 0 Å². The smallest absolute Gasteiger partial charge is 0.310 e. The molecular formula is C16H12F3N5O. The van der Waals surface area contributed by atoms with E-state index >= 15 is 0 Å². The second kappa shape index (κ2) is 6.34. The molecule has 9 heteroatoms. The number of hydrogen-bond acceptors (Lipinski definition) is 4. The molecule has 0 saturated carbocycles. The zero-order valence-electron chi connectivity index (χ0n) is 13.0. The van der Waals surface area contributed by atoms with Gasteiger partial charge < -0.3 is 4.90 Å². The van der Waals surface area contributed by atoms with Crippen molar-refractivity contribution < 1.29 is 18.0 Å². The van der Waals surface area contributed by atoms with Gasteiger partial charge in [-0.05, 0) is 18.2 Å². The SMILES string of the molecule is CN(C(=O)c1cnn(-c2ccccc2)c1C(F)(F)F)c1ccnnc1. The van der Waals surface area contributed by atoms with Gasteiger partial charge in [-0.15, -0.1) is 0 Å². The van der Waals surface area contributed by atoms with E-state index in [1.165, 1.54) is 37.6 Å². The van der Waals surface area contributed by atoms with Crippen LogP contribution in [0, 0.1) is 0 Å². The molecule has 1 aromatic carbocycles. The standard InChI is InChI=1S/C16H12F3N5O/c1-23(12-7-8-20-21-9-12)15(25)13-10-22-24(14(13)16(17,18)19)11-5-3-2-4-6-11/h2-10H,1H3. The number of carbonyl (C=O) groups is 1. The van der Waals surface area contributed by atoms with Gasteiger partial charge in [0.1, 0.15) is 0 Å². The molecule has 0 atom stereocenters. The lowest BCUT2D eigenvalue weighted by atomic mass is 10.2. The Kier molecular flexibility index (Phi) is 4.22. The molecule has 25 heavy (non-hydrogen) atoms. The van der Waals surface area contributed by atoms with Crippen LogP contribution >= 0.6 is 0 Å². The fourth-order valence-electron chi connectivity index (χ4n) is 2.32. The highest BCUT2D eigenvalue weighted by Crippen LogP contribution is 2.34. The van der Waals surface area contributed by atoms with Crippen molar-refractivity contribution in [2.45, 2.75) is 6.18 Å². The van der Waals surface area contributed by atoms with E-state index in [1.807, 2.05) is 0 Å². The summed E-state index contributed by atoms with van der Waals surface area (Å²) < 4.78 is 41.5. The van der Waals surface area contributed by atoms with E-state index in [9.17, 15) is 18.0 Å². The van der Waals surface area contributed by atoms with Gasteiger partial charge >= 0.3 is 6.18 Å². The summed E-state index contributed by atoms with van der Waals surface area (Å²) in [6.07, 6.45) is -1.21. The van der Waals surface area contributed by atoms with Crippen LogP contribution in [0.25, 0.3) is 5.69 Å². The van der Waals surface area contributed by atoms with E-state index in [-0.39, 0.29) is 5.69 Å². The molecule has 0 aliphatic rings. The van der Waals surface area contributed by atoms with Crippen molar-refractivity contribution >= 4 is 11.6 Å². The van der Waals surface area contributed by atoms with Crippen LogP contribution in [0.5, 0.6) is 0 Å². The van der Waals surface area contributed by atoms with Crippen LogP contribution in [-0.4, -0.2) is 32.9 Å². The molecule has 2 heterocycles. The third kappa shape index (κ3) is 3.21. The molecule has 0 fully saturated rings. The van der Waals surface area contributed by atoms with Crippen molar-refractivity contribution in [1.29, 1.82) is 0 Å². The maximum Gasteiger partial charge on any atom is 0.434 e. The lowest BCUT2D eigenvalue weighted by Crippen LogP contribution is -2.29. The summed E-state index contributed by atoms with van der Waals surface area (Å²) >= 11 is 0. The number of rotatable bonds is 3. The highest BCUT2D eigenvalue weighted by molar-refractivity contribution is 6.06. The quantitative estimate of drug-likeness (QED) is 0.731. The lowest BCUT2D eigenvalue weighted by Gasteiger charge is -2.18. The highest BCUT2D eigenvalue weighted by atomic mass is 19.4. The van der Waals surface area contributed by atoms with Crippen molar-refractivity contribution in [3.63, 3.8) is 0 Å². The number of nitrogens with zero attached hydrogens (tertiary/aromatic N) is 5. The summed E-state index contributed by atoms with van der Waals surface area (Å²) in [6.45, 7) is 0. The second-order valence-electron chi connectivity index (χ2n) is 5.12. The number of amides is 1. The number of anilines is 1. The number of halogens is 3. The van der Waals surface area contributed by atoms with Crippen molar-refractivity contribution in [3.05, 3.63) is 66.2 Å². The fraction of sp³-hybridized carbons (Fsp3) is 0.125. The number of para-hydroxylation sites is 1. The molecule has 0 unspecified atom stereocenters. The minimum Gasteiger partial charge on any atom is -0.310 e. The van der Waals surface area contributed by atoms with Gasteiger partial charge in [-0.2, -0.15) is 28.5 Å². The van der Waals surface area contributed by atoms with Crippen molar-refractivity contribution in [1.82, 2.24) is 20.0 Å². The number of carbonyl (C=O) groups excluding carboxylic acids is 1. The van der Waals surface area contributed by atoms with E-state index in [1.54, 1.807) is 18.2 Å². The van der Waals surface area contributed by atoms with Crippen molar-refractivity contribution in [3.8, 4) is 5.69 Å². The summed E-state index contributed by atoms with van der Waals surface area (Å²) in [7, 11) is 1.36. The zero-order valence-corrected chi connectivity index (χ0v) is 13.0. The summed E-state index contributed by atoms with van der Waals surface area (Å²) in [5.74, 6) is -0.845. The number of alkyl halides is 3. The first-order chi connectivity index (χ1) is 11.9. The van der Waals surface area contributed by atoms with Crippen LogP contribution in [-0.2, 0) is 6.18 Å². The van der Waals surface area contributed by atoms with E-state index in [2.05, 4.69) is 15.3 Å². The van der Waals surface area contributed by atoms with Crippen LogP contribution in [0.3, 0.4) is 0 Å². The normalized spacial score (nSPS) is 11.4. The second-order valence-corrected chi connectivity index (χ2v) is 5.12. The Labute approximate surface area is 140 Å². The molecule has 3 rings (SSSR count). The third-order valence-electron chi connectivity index (χ3n) is 3.53. The van der Waals surface area contributed by atoms with Gasteiger partial charge in [0.15, 0.2) is 5.69 Å². The summed E-state index contributed by atoms with van der Waals surface area (Å²) in [5, 5.41) is 11.0. The van der Waals surface area contributed by atoms with Gasteiger partial charge in [-0.1, -0.05) is 18.2 Å². The zero-order chi connectivity index (χ0) is 18.0. The average molecular weight is 347 g/mol. The predicted molar refractivity (Wildman–Crippen MR) is 83.3 cm³/mol. The molecule has 0 spiro atoms. The van der Waals surface area contributed by atoms with Crippen LogP contribution in [0.2, 0.25) is 0 Å². The first-order valence-corrected chi connectivity index (χ1v) is 7.15. The van der Waals surface area contributed by atoms with Gasteiger partial charge in [-0.3, -0.25) is 4.79 Å². The van der Waals surface area contributed by atoms with Gasteiger partial charge in [-0.25, -0.2) is 4.68 Å². The lowest BCUT2D eigenvalue weighted by molar-refractivity contribution is -0.143. The minimum atomic E-state index is -4.76. The highest BCUT2D eigenvalue weighted by Gasteiger charge is 2.41. The predicted octanol–water partition coefficient (Wildman–Crippen LogP) is 2.96. The molecular weight excluding hydrogens is 335 g/mol. The molecule has 0 aliphatic carbocycles. The molecule has 0 aliphatic heterocycles. The molecule has 0 saturated heterocycles. The molecule has 1 amide bonds. The van der Waals surface area contributed by atoms with E-state index in [4.69, 9.17) is 0 Å². The van der Waals surface area contributed by atoms with Crippen LogP contribution < -0.4 is 4.90 Å². The largest absolute Gasteiger partial charge is 0.434 e. The maximum absolute atomic E-state index is 13.6. The molecule has 0 bridgehead atoms. The Bertz CT molecular complexity index is 878. The van der Waals surface area contributed by atoms with Crippen LogP contribution in [0.4, 0.5) is 18.9 Å². The van der Waals surface area contributed by atoms with Gasteiger partial charge in [0, 0.05) is 7.05 Å². The Hall–Kier alpha value is -3.23. The average Bonchev–Trinajstić information content (AvgIpc) is 3.07. The first kappa shape index (κ1) is 16.6. The van der Waals surface area contributed by atoms with E-state index < -0.39 is 23.3 Å². The fourth-order valence-corrected chi connectivity index (χ4v) is 2.32. The van der Waals surface area contributed by atoms with Crippen molar-refractivity contribution in [2.75, 3.05) is 11.9 Å². The van der Waals surface area contributed by atoms with E-state index in [0.717, 1.165) is 11.1 Å². The molecule has 0 N–H and O–H groups in total. The maximum atomic E-state index is 13.6. The molecule has 0 radical (unpaired) electrons. The van der Waals surface area contributed by atoms with Crippen LogP contribution in [0.1, 0.15) is 16.1 Å². The number of hydrogen-bond donors (Lipinski definition) is 0. The van der Waals surface area contributed by atoms with Gasteiger partial charge in [0.05, 0.1) is 35.5 Å². The molecule has 128 valence electrons. The Morgan fingerprint density at radius 3 is 2.40 bits per heavy atom. The summed E-state index contributed by atoms with van der Waals surface area (Å²) in [6, 6.07) is 9.29. The minimum absolute atomic E-state index is 0.210. The summed E-state index contributed by atoms with van der Waals surface area (Å²) in [5.41, 5.74) is -1.14. The Balaban J connectivity index is 2.08. The van der Waals surface area contributed by atoms with Gasteiger partial charge in [0.25, 0.3) is 5.91 Å². The Morgan fingerprint density at radius 1 is 1.08 bits per heavy atom. The summed E-state index contributed by atoms with van der Waals surface area (Å²) in [4.78, 5) is 13.6. The molecule has 6 nitrogen and oxygen atoms in total. The molecule has 2 aromatic heterocycles. The van der Waals surface area contributed by atoms with Crippen molar-refractivity contribution in [2.24, 2.45) is 0 Å². The Morgan fingerprint density at radius 2 is 1.80 bits per heavy atom. The molecule has 3 aromatic rings. The number of aromatic nitrogens is 4. The van der Waals surface area contributed by atoms with E-state index in [0.29, 0.717) is 10.4 Å². The topological polar surface area (TPSA) is 63.9 Å². The third-order valence-corrected chi connectivity index (χ3v) is 3.53. The number of benzene rings is 1. The first-order valence-electron chi connectivity index (χ1n) is 7.15.